The van der Waals surface area contributed by atoms with Gasteiger partial charge in [0.15, 0.2) is 0 Å². The molecule has 7 nitrogen and oxygen atoms in total. The van der Waals surface area contributed by atoms with Crippen LogP contribution in [-0.2, 0) is 0 Å². The summed E-state index contributed by atoms with van der Waals surface area (Å²) in [4.78, 5) is 15.1. The highest BCUT2D eigenvalue weighted by molar-refractivity contribution is 5.94. The summed E-state index contributed by atoms with van der Waals surface area (Å²) in [6.07, 6.45) is 9.23. The molecule has 4 rings (SSSR count). The Kier molecular flexibility index (Phi) is 5.24. The number of nitrogens with one attached hydrogen (secondary N) is 1. The first-order valence-corrected chi connectivity index (χ1v) is 9.64. The topological polar surface area (TPSA) is 75.9 Å². The van der Waals surface area contributed by atoms with Crippen molar-refractivity contribution >= 4 is 5.91 Å². The molecule has 1 aliphatic carbocycles. The zero-order valence-electron chi connectivity index (χ0n) is 15.0. The molecule has 1 aliphatic heterocycles. The van der Waals surface area contributed by atoms with E-state index in [0.717, 1.165) is 37.5 Å². The van der Waals surface area contributed by atoms with Crippen LogP contribution in [0.15, 0.2) is 30.6 Å². The van der Waals surface area contributed by atoms with E-state index in [0.29, 0.717) is 5.56 Å². The third kappa shape index (κ3) is 4.09. The summed E-state index contributed by atoms with van der Waals surface area (Å²) in [5.74, 6) is 0.905. The zero-order chi connectivity index (χ0) is 17.8. The Labute approximate surface area is 153 Å². The van der Waals surface area contributed by atoms with Gasteiger partial charge in [-0.15, -0.1) is 5.10 Å². The number of rotatable bonds is 5. The second-order valence-corrected chi connectivity index (χ2v) is 7.50. The lowest BCUT2D eigenvalue weighted by Gasteiger charge is -2.33. The molecular weight excluding hydrogens is 328 g/mol. The second-order valence-electron chi connectivity index (χ2n) is 7.50. The number of carbonyl (C=O) groups excluding carboxylic acids is 1. The lowest BCUT2D eigenvalue weighted by molar-refractivity contribution is 0.0905. The molecule has 1 saturated carbocycles. The number of nitrogens with zero attached hydrogens (tertiary/aromatic N) is 5. The van der Waals surface area contributed by atoms with Gasteiger partial charge in [0.05, 0.1) is 5.69 Å². The standard InChI is InChI=1S/C19H26N6O/c26-19(16-5-7-18(8-6-16)25-14-20-22-23-25)21-17-9-11-24(12-10-17)13-15-3-1-2-4-15/h5-8,14-15,17H,1-4,9-13H2,(H,21,26). The van der Waals surface area contributed by atoms with E-state index in [4.69, 9.17) is 0 Å². The van der Waals surface area contributed by atoms with Crippen molar-refractivity contribution in [2.75, 3.05) is 19.6 Å². The first kappa shape index (κ1) is 17.1. The van der Waals surface area contributed by atoms with E-state index in [9.17, 15) is 4.79 Å². The molecule has 26 heavy (non-hydrogen) atoms. The number of amides is 1. The Bertz CT molecular complexity index is 700. The van der Waals surface area contributed by atoms with Crippen LogP contribution < -0.4 is 5.32 Å². The van der Waals surface area contributed by atoms with E-state index in [-0.39, 0.29) is 11.9 Å². The fourth-order valence-electron chi connectivity index (χ4n) is 4.13. The minimum absolute atomic E-state index is 0.00232. The number of tetrazole rings is 1. The van der Waals surface area contributed by atoms with Gasteiger partial charge in [0, 0.05) is 31.2 Å². The summed E-state index contributed by atoms with van der Waals surface area (Å²) < 4.78 is 1.57. The molecule has 0 bridgehead atoms. The molecule has 138 valence electrons. The van der Waals surface area contributed by atoms with Crippen LogP contribution in [-0.4, -0.2) is 56.7 Å². The molecule has 1 aromatic carbocycles. The molecule has 0 spiro atoms. The van der Waals surface area contributed by atoms with Crippen LogP contribution in [0.5, 0.6) is 0 Å². The normalized spacial score (nSPS) is 19.7. The van der Waals surface area contributed by atoms with Gasteiger partial charge >= 0.3 is 0 Å². The van der Waals surface area contributed by atoms with Crippen LogP contribution in [0.25, 0.3) is 5.69 Å². The van der Waals surface area contributed by atoms with Crippen molar-refractivity contribution in [1.82, 2.24) is 30.4 Å². The van der Waals surface area contributed by atoms with E-state index in [1.165, 1.54) is 38.6 Å². The fraction of sp³-hybridized carbons (Fsp3) is 0.579. The molecule has 0 unspecified atom stereocenters. The number of likely N-dealkylation sites (tertiary alicyclic amines) is 1. The van der Waals surface area contributed by atoms with E-state index < -0.39 is 0 Å². The minimum Gasteiger partial charge on any atom is -0.349 e. The SMILES string of the molecule is O=C(NC1CCN(CC2CCCC2)CC1)c1ccc(-n2cnnn2)cc1. The van der Waals surface area contributed by atoms with Crippen LogP contribution >= 0.6 is 0 Å². The van der Waals surface area contributed by atoms with Crippen molar-refractivity contribution < 1.29 is 4.79 Å². The third-order valence-corrected chi connectivity index (χ3v) is 5.66. The molecule has 1 N–H and O–H groups in total. The highest BCUT2D eigenvalue weighted by atomic mass is 16.1. The Balaban J connectivity index is 1.26. The van der Waals surface area contributed by atoms with Gasteiger partial charge in [0.25, 0.3) is 5.91 Å². The first-order valence-electron chi connectivity index (χ1n) is 9.64. The quantitative estimate of drug-likeness (QED) is 0.889. The maximum absolute atomic E-state index is 12.5. The Hall–Kier alpha value is -2.28. The van der Waals surface area contributed by atoms with Gasteiger partial charge in [-0.3, -0.25) is 4.79 Å². The van der Waals surface area contributed by atoms with Gasteiger partial charge in [0.2, 0.25) is 0 Å². The molecule has 2 fully saturated rings. The number of hydrogen-bond acceptors (Lipinski definition) is 5. The second kappa shape index (κ2) is 7.95. The zero-order valence-corrected chi connectivity index (χ0v) is 15.0. The van der Waals surface area contributed by atoms with Gasteiger partial charge < -0.3 is 10.2 Å². The Morgan fingerprint density at radius 3 is 2.46 bits per heavy atom. The number of carbonyl (C=O) groups is 1. The van der Waals surface area contributed by atoms with Crippen molar-refractivity contribution in [1.29, 1.82) is 0 Å². The van der Waals surface area contributed by atoms with Crippen LogP contribution in [0.4, 0.5) is 0 Å². The first-order chi connectivity index (χ1) is 12.8. The predicted molar refractivity (Wildman–Crippen MR) is 98.0 cm³/mol. The Morgan fingerprint density at radius 1 is 1.08 bits per heavy atom. The van der Waals surface area contributed by atoms with Crippen molar-refractivity contribution in [3.8, 4) is 5.69 Å². The predicted octanol–water partition coefficient (Wildman–Crippen LogP) is 2.05. The highest BCUT2D eigenvalue weighted by Crippen LogP contribution is 2.26. The number of aromatic nitrogens is 4. The summed E-state index contributed by atoms with van der Waals surface area (Å²) >= 11 is 0. The molecule has 1 saturated heterocycles. The summed E-state index contributed by atoms with van der Waals surface area (Å²) in [6.45, 7) is 3.44. The number of hydrogen-bond donors (Lipinski definition) is 1. The molecular formula is C19H26N6O. The molecule has 0 radical (unpaired) electrons. The molecule has 2 aromatic rings. The van der Waals surface area contributed by atoms with Crippen molar-refractivity contribution in [3.63, 3.8) is 0 Å². The molecule has 1 amide bonds. The summed E-state index contributed by atoms with van der Waals surface area (Å²) in [7, 11) is 0. The van der Waals surface area contributed by atoms with Gasteiger partial charge in [-0.1, -0.05) is 12.8 Å². The largest absolute Gasteiger partial charge is 0.349 e. The van der Waals surface area contributed by atoms with Crippen molar-refractivity contribution in [2.24, 2.45) is 5.92 Å². The molecule has 1 aromatic heterocycles. The van der Waals surface area contributed by atoms with E-state index >= 15 is 0 Å². The van der Waals surface area contributed by atoms with E-state index in [2.05, 4.69) is 25.7 Å². The highest BCUT2D eigenvalue weighted by Gasteiger charge is 2.24. The average molecular weight is 354 g/mol. The van der Waals surface area contributed by atoms with Gasteiger partial charge in [-0.05, 0) is 66.3 Å². The average Bonchev–Trinajstić information content (AvgIpc) is 3.37. The van der Waals surface area contributed by atoms with Gasteiger partial charge in [0.1, 0.15) is 6.33 Å². The Morgan fingerprint density at radius 2 is 1.81 bits per heavy atom. The van der Waals surface area contributed by atoms with Gasteiger partial charge in [-0.2, -0.15) is 0 Å². The van der Waals surface area contributed by atoms with Crippen molar-refractivity contribution in [3.05, 3.63) is 36.2 Å². The van der Waals surface area contributed by atoms with Crippen LogP contribution in [0, 0.1) is 5.92 Å². The number of benzene rings is 1. The lowest BCUT2D eigenvalue weighted by atomic mass is 10.0. The number of piperidine rings is 1. The smallest absolute Gasteiger partial charge is 0.251 e. The van der Waals surface area contributed by atoms with Gasteiger partial charge in [-0.25, -0.2) is 4.68 Å². The minimum atomic E-state index is 0.00232. The lowest BCUT2D eigenvalue weighted by Crippen LogP contribution is -2.45. The van der Waals surface area contributed by atoms with Crippen molar-refractivity contribution in [2.45, 2.75) is 44.6 Å². The molecule has 2 aliphatic rings. The maximum Gasteiger partial charge on any atom is 0.251 e. The van der Waals surface area contributed by atoms with E-state index in [1.807, 2.05) is 24.3 Å². The molecule has 2 heterocycles. The van der Waals surface area contributed by atoms with E-state index in [1.54, 1.807) is 4.68 Å². The summed E-state index contributed by atoms with van der Waals surface area (Å²) in [5, 5.41) is 14.3. The monoisotopic (exact) mass is 354 g/mol. The molecule has 7 heteroatoms. The maximum atomic E-state index is 12.5. The summed E-state index contributed by atoms with van der Waals surface area (Å²) in [5.41, 5.74) is 1.52. The van der Waals surface area contributed by atoms with Crippen LogP contribution in [0.2, 0.25) is 0 Å². The molecule has 0 atom stereocenters. The third-order valence-electron chi connectivity index (χ3n) is 5.66. The fourth-order valence-corrected chi connectivity index (χ4v) is 4.13. The van der Waals surface area contributed by atoms with Crippen LogP contribution in [0.1, 0.15) is 48.9 Å². The van der Waals surface area contributed by atoms with Crippen LogP contribution in [0.3, 0.4) is 0 Å². The summed E-state index contributed by atoms with van der Waals surface area (Å²) in [6, 6.07) is 7.63.